The largest absolute Gasteiger partial charge is 0.263 e. The average molecular weight is 286 g/mol. The van der Waals surface area contributed by atoms with Crippen molar-refractivity contribution in [1.82, 2.24) is 4.98 Å². The van der Waals surface area contributed by atoms with Crippen LogP contribution in [-0.4, -0.2) is 13.4 Å². The number of thiazole rings is 1. The number of rotatable bonds is 3. The minimum atomic E-state index is -3.70. The van der Waals surface area contributed by atoms with Gasteiger partial charge in [-0.05, 0) is 38.1 Å². The number of nitrogens with one attached hydrogen (secondary N) is 1. The van der Waals surface area contributed by atoms with Crippen molar-refractivity contribution >= 4 is 26.5 Å². The predicted molar refractivity (Wildman–Crippen MR) is 68.8 cm³/mol. The van der Waals surface area contributed by atoms with Crippen molar-refractivity contribution < 1.29 is 12.8 Å². The van der Waals surface area contributed by atoms with Crippen molar-refractivity contribution in [3.63, 3.8) is 0 Å². The molecule has 0 amide bonds. The van der Waals surface area contributed by atoms with E-state index in [1.807, 2.05) is 13.8 Å². The topological polar surface area (TPSA) is 59.1 Å². The van der Waals surface area contributed by atoms with Crippen LogP contribution in [0.4, 0.5) is 9.52 Å². The van der Waals surface area contributed by atoms with Crippen LogP contribution in [0.2, 0.25) is 0 Å². The van der Waals surface area contributed by atoms with Crippen molar-refractivity contribution in [2.45, 2.75) is 18.7 Å². The molecule has 1 heterocycles. The van der Waals surface area contributed by atoms with Crippen molar-refractivity contribution in [2.24, 2.45) is 0 Å². The molecular weight excluding hydrogens is 275 g/mol. The number of anilines is 1. The maximum absolute atomic E-state index is 12.7. The van der Waals surface area contributed by atoms with E-state index < -0.39 is 15.8 Å². The van der Waals surface area contributed by atoms with Gasteiger partial charge in [0.2, 0.25) is 0 Å². The van der Waals surface area contributed by atoms with Gasteiger partial charge in [0, 0.05) is 4.88 Å². The number of nitrogens with zero attached hydrogens (tertiary/aromatic N) is 1. The fraction of sp³-hybridized carbons (Fsp3) is 0.182. The zero-order valence-corrected chi connectivity index (χ0v) is 11.4. The summed E-state index contributed by atoms with van der Waals surface area (Å²) in [5.41, 5.74) is 0.789. The lowest BCUT2D eigenvalue weighted by molar-refractivity contribution is 0.599. The number of halogens is 1. The number of aryl methyl sites for hydroxylation is 2. The minimum absolute atomic E-state index is 0.00871. The Morgan fingerprint density at radius 1 is 1.22 bits per heavy atom. The molecule has 0 saturated heterocycles. The Bertz CT molecular complexity index is 643. The molecule has 0 spiro atoms. The summed E-state index contributed by atoms with van der Waals surface area (Å²) >= 11 is 1.26. The van der Waals surface area contributed by atoms with E-state index in [0.29, 0.717) is 5.13 Å². The Balaban J connectivity index is 2.29. The summed E-state index contributed by atoms with van der Waals surface area (Å²) < 4.78 is 39.0. The van der Waals surface area contributed by atoms with Crippen LogP contribution in [0.5, 0.6) is 0 Å². The lowest BCUT2D eigenvalue weighted by Crippen LogP contribution is -2.12. The van der Waals surface area contributed by atoms with E-state index in [2.05, 4.69) is 9.71 Å². The molecule has 1 N–H and O–H groups in total. The molecule has 1 aromatic carbocycles. The third kappa shape index (κ3) is 2.68. The molecule has 96 valence electrons. The van der Waals surface area contributed by atoms with Crippen LogP contribution in [0.15, 0.2) is 29.2 Å². The van der Waals surface area contributed by atoms with E-state index in [1.165, 1.54) is 23.5 Å². The second kappa shape index (κ2) is 4.66. The fourth-order valence-electron chi connectivity index (χ4n) is 1.30. The van der Waals surface area contributed by atoms with Crippen molar-refractivity contribution in [3.05, 3.63) is 40.7 Å². The van der Waals surface area contributed by atoms with E-state index >= 15 is 0 Å². The number of aromatic nitrogens is 1. The molecule has 0 radical (unpaired) electrons. The summed E-state index contributed by atoms with van der Waals surface area (Å²) in [7, 11) is -3.70. The Morgan fingerprint density at radius 2 is 1.83 bits per heavy atom. The van der Waals surface area contributed by atoms with Crippen LogP contribution in [0, 0.1) is 19.7 Å². The summed E-state index contributed by atoms with van der Waals surface area (Å²) in [6.07, 6.45) is 0. The quantitative estimate of drug-likeness (QED) is 0.943. The number of hydrogen-bond acceptors (Lipinski definition) is 4. The number of sulfonamides is 1. The molecule has 0 aliphatic rings. The number of hydrogen-bond donors (Lipinski definition) is 1. The molecule has 0 bridgehead atoms. The third-order valence-corrected chi connectivity index (χ3v) is 4.85. The van der Waals surface area contributed by atoms with Gasteiger partial charge in [-0.1, -0.05) is 0 Å². The van der Waals surface area contributed by atoms with Crippen LogP contribution in [-0.2, 0) is 10.0 Å². The van der Waals surface area contributed by atoms with E-state index in [0.717, 1.165) is 22.7 Å². The normalized spacial score (nSPS) is 11.5. The standard InChI is InChI=1S/C11H11FN2O2S2/c1-7-8(2)17-11(13-7)14-18(15,16)10-5-3-9(12)4-6-10/h3-6H,1-2H3,(H,13,14). The first-order chi connectivity index (χ1) is 8.38. The Hall–Kier alpha value is -1.47. The van der Waals surface area contributed by atoms with E-state index in [1.54, 1.807) is 0 Å². The second-order valence-corrected chi connectivity index (χ2v) is 6.61. The highest BCUT2D eigenvalue weighted by atomic mass is 32.2. The molecule has 0 unspecified atom stereocenters. The zero-order chi connectivity index (χ0) is 13.3. The zero-order valence-electron chi connectivity index (χ0n) is 9.77. The summed E-state index contributed by atoms with van der Waals surface area (Å²) in [5.74, 6) is -0.477. The molecule has 0 aliphatic carbocycles. The molecule has 2 aromatic rings. The van der Waals surface area contributed by atoms with Gasteiger partial charge in [0.05, 0.1) is 10.6 Å². The highest BCUT2D eigenvalue weighted by molar-refractivity contribution is 7.93. The van der Waals surface area contributed by atoms with E-state index in [9.17, 15) is 12.8 Å². The Kier molecular flexibility index (Phi) is 3.36. The molecule has 0 atom stereocenters. The lowest BCUT2D eigenvalue weighted by atomic mass is 10.4. The maximum atomic E-state index is 12.7. The molecule has 7 heteroatoms. The first-order valence-electron chi connectivity index (χ1n) is 5.11. The molecule has 1 aromatic heterocycles. The van der Waals surface area contributed by atoms with Crippen LogP contribution < -0.4 is 4.72 Å². The monoisotopic (exact) mass is 286 g/mol. The maximum Gasteiger partial charge on any atom is 0.263 e. The molecule has 0 aliphatic heterocycles. The van der Waals surface area contributed by atoms with Gasteiger partial charge in [0.1, 0.15) is 5.82 Å². The van der Waals surface area contributed by atoms with Crippen LogP contribution >= 0.6 is 11.3 Å². The van der Waals surface area contributed by atoms with Gasteiger partial charge < -0.3 is 0 Å². The first-order valence-corrected chi connectivity index (χ1v) is 7.41. The molecule has 4 nitrogen and oxygen atoms in total. The highest BCUT2D eigenvalue weighted by Crippen LogP contribution is 2.24. The van der Waals surface area contributed by atoms with Crippen molar-refractivity contribution in [1.29, 1.82) is 0 Å². The summed E-state index contributed by atoms with van der Waals surface area (Å²) in [4.78, 5) is 5.05. The number of benzene rings is 1. The van der Waals surface area contributed by atoms with Crippen LogP contribution in [0.1, 0.15) is 10.6 Å². The Morgan fingerprint density at radius 3 is 2.33 bits per heavy atom. The summed E-state index contributed by atoms with van der Waals surface area (Å²) in [6.45, 7) is 3.67. The smallest absolute Gasteiger partial charge is 0.255 e. The van der Waals surface area contributed by atoms with Gasteiger partial charge >= 0.3 is 0 Å². The van der Waals surface area contributed by atoms with Gasteiger partial charge in [-0.2, -0.15) is 0 Å². The molecule has 18 heavy (non-hydrogen) atoms. The van der Waals surface area contributed by atoms with Gasteiger partial charge in [-0.3, -0.25) is 4.72 Å². The van der Waals surface area contributed by atoms with Crippen LogP contribution in [0.25, 0.3) is 0 Å². The third-order valence-electron chi connectivity index (χ3n) is 2.37. The van der Waals surface area contributed by atoms with E-state index in [-0.39, 0.29) is 4.90 Å². The Labute approximate surface area is 109 Å². The van der Waals surface area contributed by atoms with Gasteiger partial charge in [-0.25, -0.2) is 17.8 Å². The average Bonchev–Trinajstić information content (AvgIpc) is 2.57. The fourth-order valence-corrected chi connectivity index (χ4v) is 3.35. The van der Waals surface area contributed by atoms with Gasteiger partial charge in [0.25, 0.3) is 10.0 Å². The highest BCUT2D eigenvalue weighted by Gasteiger charge is 2.16. The summed E-state index contributed by atoms with van der Waals surface area (Å²) in [6, 6.07) is 4.63. The first kappa shape index (κ1) is 13.0. The minimum Gasteiger partial charge on any atom is -0.255 e. The molecule has 0 saturated carbocycles. The molecular formula is C11H11FN2O2S2. The molecule has 2 rings (SSSR count). The van der Waals surface area contributed by atoms with Gasteiger partial charge in [-0.15, -0.1) is 11.3 Å². The van der Waals surface area contributed by atoms with Crippen LogP contribution in [0.3, 0.4) is 0 Å². The van der Waals surface area contributed by atoms with Gasteiger partial charge in [0.15, 0.2) is 5.13 Å². The second-order valence-electron chi connectivity index (χ2n) is 3.72. The van der Waals surface area contributed by atoms with E-state index in [4.69, 9.17) is 0 Å². The predicted octanol–water partition coefficient (Wildman–Crippen LogP) is 2.70. The van der Waals surface area contributed by atoms with Crippen molar-refractivity contribution in [3.8, 4) is 0 Å². The molecule has 0 fully saturated rings. The van der Waals surface area contributed by atoms with Crippen molar-refractivity contribution in [2.75, 3.05) is 4.72 Å². The summed E-state index contributed by atoms with van der Waals surface area (Å²) in [5, 5.41) is 0.314. The lowest BCUT2D eigenvalue weighted by Gasteiger charge is -2.04. The SMILES string of the molecule is Cc1nc(NS(=O)(=O)c2ccc(F)cc2)sc1C.